The zero-order valence-electron chi connectivity index (χ0n) is 16.1. The molecule has 1 amide bonds. The molecule has 1 unspecified atom stereocenters. The third-order valence-corrected chi connectivity index (χ3v) is 5.65. The molecule has 2 aromatic carbocycles. The number of aryl methyl sites for hydroxylation is 1. The number of rotatable bonds is 3. The second-order valence-electron chi connectivity index (χ2n) is 7.37. The van der Waals surface area contributed by atoms with E-state index in [4.69, 9.17) is 4.74 Å². The van der Waals surface area contributed by atoms with E-state index >= 15 is 0 Å². The molecule has 1 saturated heterocycles. The zero-order valence-corrected chi connectivity index (χ0v) is 16.1. The van der Waals surface area contributed by atoms with E-state index in [9.17, 15) is 4.79 Å². The Balaban J connectivity index is 1.45. The highest BCUT2D eigenvalue weighted by molar-refractivity contribution is 5.85. The molecule has 5 heteroatoms. The van der Waals surface area contributed by atoms with E-state index < -0.39 is 0 Å². The van der Waals surface area contributed by atoms with Crippen molar-refractivity contribution in [2.45, 2.75) is 19.4 Å². The van der Waals surface area contributed by atoms with Gasteiger partial charge in [0.1, 0.15) is 5.75 Å². The minimum Gasteiger partial charge on any atom is -0.495 e. The smallest absolute Gasteiger partial charge is 0.231 e. The molecular weight excluding hydrogens is 338 g/mol. The molecule has 1 N–H and O–H groups in total. The van der Waals surface area contributed by atoms with Gasteiger partial charge in [0, 0.05) is 39.3 Å². The summed E-state index contributed by atoms with van der Waals surface area (Å²) >= 11 is 0. The van der Waals surface area contributed by atoms with Gasteiger partial charge in [-0.3, -0.25) is 4.79 Å². The average Bonchev–Trinajstić information content (AvgIpc) is 2.72. The fourth-order valence-electron chi connectivity index (χ4n) is 4.19. The maximum absolute atomic E-state index is 13.2. The molecule has 0 aromatic heterocycles. The van der Waals surface area contributed by atoms with Crippen molar-refractivity contribution in [3.63, 3.8) is 0 Å². The summed E-state index contributed by atoms with van der Waals surface area (Å²) in [5.74, 6) is 1.05. The van der Waals surface area contributed by atoms with Crippen molar-refractivity contribution in [3.05, 3.63) is 59.2 Å². The minimum absolute atomic E-state index is 0.0767. The molecule has 2 aliphatic heterocycles. The van der Waals surface area contributed by atoms with E-state index in [1.807, 2.05) is 23.1 Å². The van der Waals surface area contributed by atoms with Crippen LogP contribution in [0.3, 0.4) is 0 Å². The number of methoxy groups -OCH3 is 1. The van der Waals surface area contributed by atoms with Crippen LogP contribution in [-0.4, -0.2) is 50.6 Å². The molecule has 0 spiro atoms. The molecule has 27 heavy (non-hydrogen) atoms. The van der Waals surface area contributed by atoms with Crippen LogP contribution in [0.1, 0.15) is 22.6 Å². The molecule has 0 saturated carbocycles. The lowest BCUT2D eigenvalue weighted by atomic mass is 9.88. The zero-order chi connectivity index (χ0) is 18.8. The highest BCUT2D eigenvalue weighted by atomic mass is 16.5. The third kappa shape index (κ3) is 3.52. The predicted molar refractivity (Wildman–Crippen MR) is 107 cm³/mol. The molecule has 1 atom stereocenters. The van der Waals surface area contributed by atoms with Crippen molar-refractivity contribution in [2.24, 2.45) is 0 Å². The molecule has 0 bridgehead atoms. The molecule has 4 rings (SSSR count). The summed E-state index contributed by atoms with van der Waals surface area (Å²) in [6.07, 6.45) is 0. The second kappa shape index (κ2) is 7.61. The molecule has 2 aromatic rings. The van der Waals surface area contributed by atoms with Crippen LogP contribution in [-0.2, 0) is 11.3 Å². The Kier molecular flexibility index (Phi) is 5.03. The van der Waals surface area contributed by atoms with Gasteiger partial charge in [-0.2, -0.15) is 0 Å². The first-order valence-electron chi connectivity index (χ1n) is 9.64. The first kappa shape index (κ1) is 17.9. The predicted octanol–water partition coefficient (Wildman–Crippen LogP) is 2.54. The molecule has 5 nitrogen and oxygen atoms in total. The van der Waals surface area contributed by atoms with E-state index in [0.717, 1.165) is 50.7 Å². The largest absolute Gasteiger partial charge is 0.495 e. The Bertz CT molecular complexity index is 828. The first-order chi connectivity index (χ1) is 13.2. The summed E-state index contributed by atoms with van der Waals surface area (Å²) in [6.45, 7) is 6.82. The van der Waals surface area contributed by atoms with Crippen LogP contribution in [0.5, 0.6) is 5.75 Å². The number of carbonyl (C=O) groups is 1. The Labute approximate surface area is 160 Å². The van der Waals surface area contributed by atoms with Crippen LogP contribution < -0.4 is 15.0 Å². The van der Waals surface area contributed by atoms with E-state index in [1.165, 1.54) is 16.7 Å². The van der Waals surface area contributed by atoms with E-state index in [1.54, 1.807) is 7.11 Å². The number of ether oxygens (including phenoxy) is 1. The topological polar surface area (TPSA) is 44.8 Å². The van der Waals surface area contributed by atoms with E-state index in [2.05, 4.69) is 41.4 Å². The number of anilines is 1. The summed E-state index contributed by atoms with van der Waals surface area (Å²) in [4.78, 5) is 17.5. The second-order valence-corrected chi connectivity index (χ2v) is 7.37. The van der Waals surface area contributed by atoms with Gasteiger partial charge in [-0.15, -0.1) is 0 Å². The highest BCUT2D eigenvalue weighted by Crippen LogP contribution is 2.30. The molecule has 2 heterocycles. The summed E-state index contributed by atoms with van der Waals surface area (Å²) in [6, 6.07) is 14.5. The Hall–Kier alpha value is -2.53. The fraction of sp³-hybridized carbons (Fsp3) is 0.409. The number of amides is 1. The molecule has 1 fully saturated rings. The van der Waals surface area contributed by atoms with Gasteiger partial charge in [0.05, 0.1) is 18.7 Å². The Morgan fingerprint density at radius 1 is 1.11 bits per heavy atom. The lowest BCUT2D eigenvalue weighted by Crippen LogP contribution is -2.51. The number of fused-ring (bicyclic) bond motifs is 1. The number of piperazine rings is 1. The maximum Gasteiger partial charge on any atom is 0.231 e. The van der Waals surface area contributed by atoms with Crippen molar-refractivity contribution in [2.75, 3.05) is 44.7 Å². The number of hydrogen-bond donors (Lipinski definition) is 1. The van der Waals surface area contributed by atoms with Gasteiger partial charge >= 0.3 is 0 Å². The number of para-hydroxylation sites is 2. The van der Waals surface area contributed by atoms with Gasteiger partial charge in [0.2, 0.25) is 5.91 Å². The quantitative estimate of drug-likeness (QED) is 0.908. The number of hydrogen-bond acceptors (Lipinski definition) is 4. The van der Waals surface area contributed by atoms with Crippen LogP contribution in [0.2, 0.25) is 0 Å². The summed E-state index contributed by atoms with van der Waals surface area (Å²) in [7, 11) is 1.70. The number of nitrogens with zero attached hydrogens (tertiary/aromatic N) is 2. The van der Waals surface area contributed by atoms with Crippen LogP contribution >= 0.6 is 0 Å². The normalized spacial score (nSPS) is 19.6. The van der Waals surface area contributed by atoms with Crippen molar-refractivity contribution in [1.82, 2.24) is 10.2 Å². The summed E-state index contributed by atoms with van der Waals surface area (Å²) in [5, 5.41) is 3.41. The van der Waals surface area contributed by atoms with E-state index in [-0.39, 0.29) is 11.8 Å². The van der Waals surface area contributed by atoms with Crippen molar-refractivity contribution in [1.29, 1.82) is 0 Å². The maximum atomic E-state index is 13.2. The standard InChI is InChI=1S/C22H27N3O2/c1-16-7-8-18-17(13-16)14-23-15-19(18)22(26)25-11-9-24(10-12-25)20-5-3-4-6-21(20)27-2/h3-8,13,19,23H,9-12,14-15H2,1-2H3. The molecule has 0 aliphatic carbocycles. The van der Waals surface area contributed by atoms with Crippen LogP contribution in [0.15, 0.2) is 42.5 Å². The lowest BCUT2D eigenvalue weighted by Gasteiger charge is -2.39. The number of carbonyl (C=O) groups excluding carboxylic acids is 1. The van der Waals surface area contributed by atoms with Crippen LogP contribution in [0.4, 0.5) is 5.69 Å². The molecule has 142 valence electrons. The van der Waals surface area contributed by atoms with Crippen molar-refractivity contribution < 1.29 is 9.53 Å². The van der Waals surface area contributed by atoms with Crippen molar-refractivity contribution >= 4 is 11.6 Å². The fourth-order valence-corrected chi connectivity index (χ4v) is 4.19. The molecule has 2 aliphatic rings. The van der Waals surface area contributed by atoms with Gasteiger partial charge in [0.15, 0.2) is 0 Å². The van der Waals surface area contributed by atoms with Gasteiger partial charge < -0.3 is 19.9 Å². The third-order valence-electron chi connectivity index (χ3n) is 5.65. The average molecular weight is 365 g/mol. The van der Waals surface area contributed by atoms with E-state index in [0.29, 0.717) is 0 Å². The van der Waals surface area contributed by atoms with Gasteiger partial charge in [-0.25, -0.2) is 0 Å². The van der Waals surface area contributed by atoms with Gasteiger partial charge in [-0.05, 0) is 30.2 Å². The lowest BCUT2D eigenvalue weighted by molar-refractivity contribution is -0.133. The Morgan fingerprint density at radius 2 is 1.89 bits per heavy atom. The first-order valence-corrected chi connectivity index (χ1v) is 9.64. The number of benzene rings is 2. The van der Waals surface area contributed by atoms with Crippen LogP contribution in [0, 0.1) is 6.92 Å². The number of nitrogens with one attached hydrogen (secondary N) is 1. The minimum atomic E-state index is -0.0767. The monoisotopic (exact) mass is 365 g/mol. The Morgan fingerprint density at radius 3 is 2.67 bits per heavy atom. The molecule has 0 radical (unpaired) electrons. The van der Waals surface area contributed by atoms with Gasteiger partial charge in [-0.1, -0.05) is 35.9 Å². The summed E-state index contributed by atoms with van der Waals surface area (Å²) < 4.78 is 5.49. The van der Waals surface area contributed by atoms with Crippen LogP contribution in [0.25, 0.3) is 0 Å². The SMILES string of the molecule is COc1ccccc1N1CCN(C(=O)C2CNCc3cc(C)ccc32)CC1. The molecular formula is C22H27N3O2. The van der Waals surface area contributed by atoms with Crippen molar-refractivity contribution in [3.8, 4) is 5.75 Å². The highest BCUT2D eigenvalue weighted by Gasteiger charge is 2.32. The summed E-state index contributed by atoms with van der Waals surface area (Å²) in [5.41, 5.74) is 4.80. The van der Waals surface area contributed by atoms with Gasteiger partial charge in [0.25, 0.3) is 0 Å².